The Morgan fingerprint density at radius 3 is 3.00 bits per heavy atom. The zero-order valence-corrected chi connectivity index (χ0v) is 10.00. The summed E-state index contributed by atoms with van der Waals surface area (Å²) >= 11 is 0. The fourth-order valence-corrected chi connectivity index (χ4v) is 2.51. The third kappa shape index (κ3) is 1.51. The molecular formula is C13H13N3O2. The first-order chi connectivity index (χ1) is 8.68. The number of fused-ring (bicyclic) bond motifs is 1. The predicted molar refractivity (Wildman–Crippen MR) is 65.1 cm³/mol. The molecule has 5 nitrogen and oxygen atoms in total. The van der Waals surface area contributed by atoms with E-state index in [-0.39, 0.29) is 0 Å². The number of carboxylic acid groups (broad SMARTS) is 1. The number of aromatic nitrogens is 3. The molecule has 2 aromatic rings. The number of hydrogen-bond acceptors (Lipinski definition) is 3. The number of pyridine rings is 1. The summed E-state index contributed by atoms with van der Waals surface area (Å²) in [4.78, 5) is 19.9. The molecule has 18 heavy (non-hydrogen) atoms. The lowest BCUT2D eigenvalue weighted by molar-refractivity contribution is -0.138. The molecule has 0 amide bonds. The Kier molecular flexibility index (Phi) is 2.40. The molecule has 0 spiro atoms. The lowest BCUT2D eigenvalue weighted by atomic mass is 10.1. The second-order valence-electron chi connectivity index (χ2n) is 4.47. The maximum Gasteiger partial charge on any atom is 0.312 e. The molecule has 0 fully saturated rings. The summed E-state index contributed by atoms with van der Waals surface area (Å²) in [5.41, 5.74) is 2.49. The van der Waals surface area contributed by atoms with Gasteiger partial charge < -0.3 is 9.67 Å². The zero-order valence-electron chi connectivity index (χ0n) is 10.00. The third-order valence-corrected chi connectivity index (χ3v) is 3.44. The second kappa shape index (κ2) is 3.94. The summed E-state index contributed by atoms with van der Waals surface area (Å²) in [6, 6.07) is 5.63. The standard InChI is InChI=1S/C13H13N3O2/c1-16-10-6-5-8(13(17)18)11(10)15-12(16)9-4-2-3-7-14-9/h2-4,7-8H,5-6H2,1H3,(H,17,18). The van der Waals surface area contributed by atoms with Crippen LogP contribution < -0.4 is 0 Å². The summed E-state index contributed by atoms with van der Waals surface area (Å²) in [5, 5.41) is 9.17. The van der Waals surface area contributed by atoms with Crippen LogP contribution in [0.4, 0.5) is 0 Å². The predicted octanol–water partition coefficient (Wildman–Crippen LogP) is 1.60. The van der Waals surface area contributed by atoms with Gasteiger partial charge in [0.05, 0.1) is 5.69 Å². The summed E-state index contributed by atoms with van der Waals surface area (Å²) < 4.78 is 1.96. The normalized spacial score (nSPS) is 17.7. The van der Waals surface area contributed by atoms with Gasteiger partial charge in [-0.25, -0.2) is 4.98 Å². The van der Waals surface area contributed by atoms with Crippen LogP contribution in [0.2, 0.25) is 0 Å². The van der Waals surface area contributed by atoms with Gasteiger partial charge in [-0.2, -0.15) is 0 Å². The zero-order chi connectivity index (χ0) is 12.7. The van der Waals surface area contributed by atoms with Crippen molar-refractivity contribution in [3.8, 4) is 11.5 Å². The summed E-state index contributed by atoms with van der Waals surface area (Å²) in [6.07, 6.45) is 3.12. The molecule has 0 aliphatic heterocycles. The minimum absolute atomic E-state index is 0.469. The van der Waals surface area contributed by atoms with E-state index >= 15 is 0 Å². The van der Waals surface area contributed by atoms with E-state index in [0.29, 0.717) is 12.1 Å². The van der Waals surface area contributed by atoms with E-state index in [4.69, 9.17) is 5.11 Å². The van der Waals surface area contributed by atoms with Gasteiger partial charge in [0.2, 0.25) is 0 Å². The van der Waals surface area contributed by atoms with Gasteiger partial charge in [0.25, 0.3) is 0 Å². The molecule has 1 aliphatic carbocycles. The van der Waals surface area contributed by atoms with Gasteiger partial charge in [-0.1, -0.05) is 6.07 Å². The van der Waals surface area contributed by atoms with E-state index in [1.54, 1.807) is 6.20 Å². The molecule has 0 saturated carbocycles. The van der Waals surface area contributed by atoms with Gasteiger partial charge in [-0.3, -0.25) is 9.78 Å². The highest BCUT2D eigenvalue weighted by molar-refractivity contribution is 5.77. The minimum Gasteiger partial charge on any atom is -0.481 e. The van der Waals surface area contributed by atoms with Crippen molar-refractivity contribution >= 4 is 5.97 Å². The molecule has 1 aliphatic rings. The molecule has 0 bridgehead atoms. The van der Waals surface area contributed by atoms with Crippen molar-refractivity contribution in [1.82, 2.24) is 14.5 Å². The molecule has 92 valence electrons. The summed E-state index contributed by atoms with van der Waals surface area (Å²) in [7, 11) is 1.92. The number of rotatable bonds is 2. The molecule has 0 aromatic carbocycles. The smallest absolute Gasteiger partial charge is 0.312 e. The number of nitrogens with zero attached hydrogens (tertiary/aromatic N) is 3. The first-order valence-corrected chi connectivity index (χ1v) is 5.88. The van der Waals surface area contributed by atoms with E-state index in [0.717, 1.165) is 23.6 Å². The SMILES string of the molecule is Cn1c(-c2ccccn2)nc2c1CCC2C(=O)O. The minimum atomic E-state index is -0.792. The first kappa shape index (κ1) is 11.0. The molecule has 2 aromatic heterocycles. The lowest BCUT2D eigenvalue weighted by Gasteiger charge is -2.03. The van der Waals surface area contributed by atoms with Crippen molar-refractivity contribution in [3.05, 3.63) is 35.8 Å². The third-order valence-electron chi connectivity index (χ3n) is 3.44. The maximum absolute atomic E-state index is 11.2. The van der Waals surface area contributed by atoms with Crippen LogP contribution >= 0.6 is 0 Å². The van der Waals surface area contributed by atoms with Crippen molar-refractivity contribution in [1.29, 1.82) is 0 Å². The molecule has 1 unspecified atom stereocenters. The van der Waals surface area contributed by atoms with Crippen molar-refractivity contribution in [2.75, 3.05) is 0 Å². The van der Waals surface area contributed by atoms with Gasteiger partial charge in [0, 0.05) is 18.9 Å². The van der Waals surface area contributed by atoms with E-state index in [2.05, 4.69) is 9.97 Å². The van der Waals surface area contributed by atoms with Crippen molar-refractivity contribution in [2.45, 2.75) is 18.8 Å². The average molecular weight is 243 g/mol. The summed E-state index contributed by atoms with van der Waals surface area (Å²) in [5.74, 6) is -0.519. The Labute approximate surface area is 104 Å². The Balaban J connectivity index is 2.11. The molecule has 2 heterocycles. The van der Waals surface area contributed by atoms with Crippen LogP contribution in [0.25, 0.3) is 11.5 Å². The van der Waals surface area contributed by atoms with Gasteiger partial charge in [-0.15, -0.1) is 0 Å². The quantitative estimate of drug-likeness (QED) is 0.869. The number of hydrogen-bond donors (Lipinski definition) is 1. The van der Waals surface area contributed by atoms with Crippen LogP contribution in [-0.4, -0.2) is 25.6 Å². The molecule has 1 N–H and O–H groups in total. The fraction of sp³-hybridized carbons (Fsp3) is 0.308. The summed E-state index contributed by atoms with van der Waals surface area (Å²) in [6.45, 7) is 0. The molecule has 0 radical (unpaired) electrons. The highest BCUT2D eigenvalue weighted by Crippen LogP contribution is 2.34. The first-order valence-electron chi connectivity index (χ1n) is 5.88. The molecule has 3 rings (SSSR count). The van der Waals surface area contributed by atoms with Crippen LogP contribution in [0.5, 0.6) is 0 Å². The van der Waals surface area contributed by atoms with Gasteiger partial charge in [0.15, 0.2) is 5.82 Å². The Morgan fingerprint density at radius 2 is 2.33 bits per heavy atom. The number of aliphatic carboxylic acids is 1. The van der Waals surface area contributed by atoms with E-state index in [1.165, 1.54) is 0 Å². The second-order valence-corrected chi connectivity index (χ2v) is 4.47. The molecular weight excluding hydrogens is 230 g/mol. The highest BCUT2D eigenvalue weighted by atomic mass is 16.4. The number of imidazole rings is 1. The topological polar surface area (TPSA) is 68.0 Å². The van der Waals surface area contributed by atoms with Crippen LogP contribution in [0.3, 0.4) is 0 Å². The Morgan fingerprint density at radius 1 is 1.50 bits per heavy atom. The number of carbonyl (C=O) groups is 1. The number of carboxylic acids is 1. The van der Waals surface area contributed by atoms with Gasteiger partial charge in [-0.05, 0) is 25.0 Å². The van der Waals surface area contributed by atoms with Gasteiger partial charge >= 0.3 is 5.97 Å². The van der Waals surface area contributed by atoms with Gasteiger partial charge in [0.1, 0.15) is 11.6 Å². The van der Waals surface area contributed by atoms with Crippen LogP contribution in [0.15, 0.2) is 24.4 Å². The van der Waals surface area contributed by atoms with E-state index in [9.17, 15) is 4.79 Å². The monoisotopic (exact) mass is 243 g/mol. The lowest BCUT2D eigenvalue weighted by Crippen LogP contribution is -2.08. The van der Waals surface area contributed by atoms with Crippen molar-refractivity contribution in [3.63, 3.8) is 0 Å². The Bertz CT molecular complexity index is 604. The molecule has 0 saturated heterocycles. The van der Waals surface area contributed by atoms with Crippen molar-refractivity contribution < 1.29 is 9.90 Å². The van der Waals surface area contributed by atoms with Crippen LogP contribution in [-0.2, 0) is 18.3 Å². The maximum atomic E-state index is 11.2. The fourth-order valence-electron chi connectivity index (χ4n) is 2.51. The van der Waals surface area contributed by atoms with E-state index < -0.39 is 11.9 Å². The van der Waals surface area contributed by atoms with Crippen molar-refractivity contribution in [2.24, 2.45) is 7.05 Å². The molecule has 1 atom stereocenters. The van der Waals surface area contributed by atoms with Crippen LogP contribution in [0.1, 0.15) is 23.7 Å². The van der Waals surface area contributed by atoms with Crippen LogP contribution in [0, 0.1) is 0 Å². The largest absolute Gasteiger partial charge is 0.481 e. The highest BCUT2D eigenvalue weighted by Gasteiger charge is 2.33. The average Bonchev–Trinajstić information content (AvgIpc) is 2.91. The molecule has 5 heteroatoms. The van der Waals surface area contributed by atoms with E-state index in [1.807, 2.05) is 29.8 Å². The Hall–Kier alpha value is -2.17.